The second kappa shape index (κ2) is 11.7. The van der Waals surface area contributed by atoms with E-state index in [-0.39, 0.29) is 11.5 Å². The first-order chi connectivity index (χ1) is 17.7. The van der Waals surface area contributed by atoms with Crippen molar-refractivity contribution in [3.63, 3.8) is 0 Å². The Bertz CT molecular complexity index is 1170. The van der Waals surface area contributed by atoms with Crippen molar-refractivity contribution in [3.05, 3.63) is 76.2 Å². The molecule has 5 rings (SSSR count). The smallest absolute Gasteiger partial charge is 0.290 e. The zero-order chi connectivity index (χ0) is 24.7. The first-order valence-electron chi connectivity index (χ1n) is 12.5. The lowest BCUT2D eigenvalue weighted by atomic mass is 9.94. The van der Waals surface area contributed by atoms with Gasteiger partial charge in [-0.15, -0.1) is 5.10 Å². The molecule has 3 heterocycles. The van der Waals surface area contributed by atoms with Crippen molar-refractivity contribution in [2.75, 3.05) is 66.3 Å². The summed E-state index contributed by atoms with van der Waals surface area (Å²) in [6.07, 6.45) is 0. The lowest BCUT2D eigenvalue weighted by Crippen LogP contribution is -2.43. The highest BCUT2D eigenvalue weighted by molar-refractivity contribution is 5.54. The Kier molecular flexibility index (Phi) is 8.02. The monoisotopic (exact) mass is 491 g/mol. The molecule has 2 fully saturated rings. The van der Waals surface area contributed by atoms with Gasteiger partial charge in [0.05, 0.1) is 40.2 Å². The quantitative estimate of drug-likeness (QED) is 0.474. The molecule has 0 bridgehead atoms. The third-order valence-corrected chi connectivity index (χ3v) is 6.76. The summed E-state index contributed by atoms with van der Waals surface area (Å²) in [6, 6.07) is 17.8. The number of benzene rings is 2. The summed E-state index contributed by atoms with van der Waals surface area (Å²) in [6.45, 7) is 6.96. The van der Waals surface area contributed by atoms with Gasteiger partial charge in [0, 0.05) is 44.2 Å². The van der Waals surface area contributed by atoms with E-state index in [0.29, 0.717) is 51.2 Å². The zero-order valence-corrected chi connectivity index (χ0v) is 20.7. The van der Waals surface area contributed by atoms with Crippen molar-refractivity contribution < 1.29 is 14.2 Å². The molecular weight excluding hydrogens is 458 g/mol. The molecule has 190 valence electrons. The number of nitrogens with zero attached hydrogens (tertiary/aromatic N) is 5. The van der Waals surface area contributed by atoms with E-state index in [0.717, 1.165) is 43.1 Å². The van der Waals surface area contributed by atoms with Gasteiger partial charge >= 0.3 is 0 Å². The predicted octanol–water partition coefficient (Wildman–Crippen LogP) is 2.07. The number of ether oxygens (including phenoxy) is 3. The van der Waals surface area contributed by atoms with E-state index in [9.17, 15) is 4.79 Å². The van der Waals surface area contributed by atoms with Crippen LogP contribution in [0.25, 0.3) is 11.4 Å². The van der Waals surface area contributed by atoms with Crippen molar-refractivity contribution >= 4 is 0 Å². The van der Waals surface area contributed by atoms with E-state index < -0.39 is 0 Å². The van der Waals surface area contributed by atoms with Gasteiger partial charge in [0.25, 0.3) is 5.56 Å². The Hall–Kier alpha value is -3.11. The lowest BCUT2D eigenvalue weighted by Gasteiger charge is -2.31. The van der Waals surface area contributed by atoms with E-state index in [1.807, 2.05) is 54.6 Å². The molecule has 9 heteroatoms. The summed E-state index contributed by atoms with van der Waals surface area (Å²) in [5.41, 5.74) is 2.26. The van der Waals surface area contributed by atoms with Crippen LogP contribution in [0.15, 0.2) is 59.4 Å². The highest BCUT2D eigenvalue weighted by Gasteiger charge is 2.27. The predicted molar refractivity (Wildman–Crippen MR) is 136 cm³/mol. The topological polar surface area (TPSA) is 82.0 Å². The van der Waals surface area contributed by atoms with Gasteiger partial charge in [0.15, 0.2) is 5.82 Å². The van der Waals surface area contributed by atoms with Crippen molar-refractivity contribution in [1.82, 2.24) is 24.6 Å². The van der Waals surface area contributed by atoms with Crippen molar-refractivity contribution in [3.8, 4) is 17.1 Å². The fraction of sp³-hybridized carbons (Fsp3) is 0.444. The van der Waals surface area contributed by atoms with Crippen LogP contribution < -0.4 is 10.3 Å². The Labute approximate surface area is 211 Å². The van der Waals surface area contributed by atoms with Crippen molar-refractivity contribution in [2.45, 2.75) is 12.6 Å². The molecule has 2 aliphatic rings. The number of methoxy groups -OCH3 is 1. The third kappa shape index (κ3) is 5.82. The second-order valence-corrected chi connectivity index (χ2v) is 9.10. The Morgan fingerprint density at radius 1 is 0.889 bits per heavy atom. The summed E-state index contributed by atoms with van der Waals surface area (Å²) in [5, 5.41) is 4.70. The van der Waals surface area contributed by atoms with E-state index in [4.69, 9.17) is 24.3 Å². The normalized spacial score (nSPS) is 18.1. The summed E-state index contributed by atoms with van der Waals surface area (Å²) in [7, 11) is 1.65. The molecule has 0 aliphatic carbocycles. The molecule has 0 N–H and O–H groups in total. The highest BCUT2D eigenvalue weighted by Crippen LogP contribution is 2.26. The third-order valence-electron chi connectivity index (χ3n) is 6.76. The molecule has 9 nitrogen and oxygen atoms in total. The average Bonchev–Trinajstić information content (AvgIpc) is 2.95. The van der Waals surface area contributed by atoms with Crippen LogP contribution in [-0.2, 0) is 16.1 Å². The Morgan fingerprint density at radius 2 is 1.53 bits per heavy atom. The number of morpholine rings is 2. The van der Waals surface area contributed by atoms with Crippen LogP contribution >= 0.6 is 0 Å². The molecule has 0 spiro atoms. The van der Waals surface area contributed by atoms with Crippen molar-refractivity contribution in [2.24, 2.45) is 0 Å². The molecule has 2 aliphatic heterocycles. The first kappa shape index (κ1) is 24.6. The summed E-state index contributed by atoms with van der Waals surface area (Å²) in [4.78, 5) is 23.4. The van der Waals surface area contributed by atoms with Gasteiger partial charge in [0.2, 0.25) is 0 Å². The largest absolute Gasteiger partial charge is 0.497 e. The van der Waals surface area contributed by atoms with Crippen LogP contribution in [0.4, 0.5) is 0 Å². The molecule has 0 radical (unpaired) electrons. The fourth-order valence-electron chi connectivity index (χ4n) is 4.67. The van der Waals surface area contributed by atoms with Gasteiger partial charge < -0.3 is 14.2 Å². The number of hydrogen-bond acceptors (Lipinski definition) is 8. The molecular formula is C27H33N5O4. The molecule has 36 heavy (non-hydrogen) atoms. The van der Waals surface area contributed by atoms with Gasteiger partial charge in [-0.05, 0) is 17.7 Å². The first-order valence-corrected chi connectivity index (χ1v) is 12.5. The second-order valence-electron chi connectivity index (χ2n) is 9.10. The molecule has 2 aromatic carbocycles. The van der Waals surface area contributed by atoms with Crippen LogP contribution in [0.1, 0.15) is 17.2 Å². The van der Waals surface area contributed by atoms with E-state index >= 15 is 0 Å². The number of rotatable bonds is 8. The summed E-state index contributed by atoms with van der Waals surface area (Å²) in [5.74, 6) is 1.11. The number of aromatic nitrogens is 3. The Morgan fingerprint density at radius 3 is 2.17 bits per heavy atom. The SMILES string of the molecule is COc1ccc([C@H](CN2CCOCC2)c2nc(-c3ccccc3)nn(CN3CCOCC3)c2=O)cc1. The zero-order valence-electron chi connectivity index (χ0n) is 20.7. The fourth-order valence-corrected chi connectivity index (χ4v) is 4.67. The van der Waals surface area contributed by atoms with E-state index in [1.54, 1.807) is 11.8 Å². The van der Waals surface area contributed by atoms with E-state index in [2.05, 4.69) is 9.80 Å². The van der Waals surface area contributed by atoms with Gasteiger partial charge in [-0.1, -0.05) is 42.5 Å². The van der Waals surface area contributed by atoms with Crippen LogP contribution in [0.3, 0.4) is 0 Å². The highest BCUT2D eigenvalue weighted by atomic mass is 16.5. The van der Waals surface area contributed by atoms with Gasteiger partial charge in [0.1, 0.15) is 11.4 Å². The molecule has 0 unspecified atom stereocenters. The minimum Gasteiger partial charge on any atom is -0.497 e. The van der Waals surface area contributed by atoms with Crippen LogP contribution in [0.2, 0.25) is 0 Å². The Balaban J connectivity index is 1.59. The standard InChI is InChI=1S/C27H33N5O4/c1-34-23-9-7-21(8-10-23)24(19-30-11-15-35-16-12-30)25-27(33)32(20-31-13-17-36-18-14-31)29-26(28-25)22-5-3-2-4-6-22/h2-10,24H,11-20H2,1H3/t24-/m0/s1. The minimum atomic E-state index is -0.220. The molecule has 3 aromatic rings. The van der Waals surface area contributed by atoms with Crippen LogP contribution in [-0.4, -0.2) is 90.8 Å². The van der Waals surface area contributed by atoms with Gasteiger partial charge in [-0.25, -0.2) is 9.67 Å². The molecule has 1 atom stereocenters. The molecule has 0 amide bonds. The maximum atomic E-state index is 13.9. The maximum absolute atomic E-state index is 13.9. The lowest BCUT2D eigenvalue weighted by molar-refractivity contribution is 0.0202. The van der Waals surface area contributed by atoms with Gasteiger partial charge in [-0.3, -0.25) is 14.6 Å². The van der Waals surface area contributed by atoms with Gasteiger partial charge in [-0.2, -0.15) is 0 Å². The summed E-state index contributed by atoms with van der Waals surface area (Å²) >= 11 is 0. The average molecular weight is 492 g/mol. The minimum absolute atomic E-state index is 0.157. The summed E-state index contributed by atoms with van der Waals surface area (Å²) < 4.78 is 18.0. The van der Waals surface area contributed by atoms with Crippen LogP contribution in [0.5, 0.6) is 5.75 Å². The van der Waals surface area contributed by atoms with E-state index in [1.165, 1.54) is 0 Å². The molecule has 2 saturated heterocycles. The van der Waals surface area contributed by atoms with Crippen LogP contribution in [0, 0.1) is 0 Å². The molecule has 0 saturated carbocycles. The number of hydrogen-bond donors (Lipinski definition) is 0. The maximum Gasteiger partial charge on any atom is 0.290 e. The molecule has 1 aromatic heterocycles. The van der Waals surface area contributed by atoms with Crippen molar-refractivity contribution in [1.29, 1.82) is 0 Å².